The summed E-state index contributed by atoms with van der Waals surface area (Å²) in [5, 5.41) is 0.505. The molecule has 7 heteroatoms. The van der Waals surface area contributed by atoms with E-state index in [4.69, 9.17) is 22.1 Å². The van der Waals surface area contributed by atoms with Gasteiger partial charge in [-0.25, -0.2) is 4.39 Å². The molecular formula is C21H26ClFN2O3. The minimum Gasteiger partial charge on any atom is -0.462 e. The van der Waals surface area contributed by atoms with Crippen LogP contribution in [0.2, 0.25) is 5.02 Å². The smallest absolute Gasteiger partial charge is 0.322 e. The van der Waals surface area contributed by atoms with E-state index in [2.05, 4.69) is 4.90 Å². The van der Waals surface area contributed by atoms with Crippen molar-refractivity contribution >= 4 is 23.5 Å². The second-order valence-electron chi connectivity index (χ2n) is 8.49. The monoisotopic (exact) mass is 408 g/mol. The van der Waals surface area contributed by atoms with Crippen LogP contribution in [-0.2, 0) is 26.5 Å². The molecule has 0 aromatic heterocycles. The average molecular weight is 409 g/mol. The summed E-state index contributed by atoms with van der Waals surface area (Å²) < 4.78 is 21.1. The molecule has 1 aromatic carbocycles. The molecule has 1 heterocycles. The minimum atomic E-state index is -1.84. The Morgan fingerprint density at radius 2 is 2.00 bits per heavy atom. The zero-order chi connectivity index (χ0) is 20.1. The van der Waals surface area contributed by atoms with Crippen molar-refractivity contribution < 1.29 is 18.7 Å². The number of nitrogens with two attached hydrogens (primary N) is 1. The Bertz CT molecular complexity index is 809. The third-order valence-electron chi connectivity index (χ3n) is 6.69. The molecule has 0 spiro atoms. The Labute approximate surface area is 169 Å². The first kappa shape index (κ1) is 19.6. The molecule has 3 fully saturated rings. The van der Waals surface area contributed by atoms with Gasteiger partial charge in [-0.3, -0.25) is 14.5 Å². The third kappa shape index (κ3) is 3.11. The predicted molar refractivity (Wildman–Crippen MR) is 103 cm³/mol. The van der Waals surface area contributed by atoms with Gasteiger partial charge in [0.2, 0.25) is 5.91 Å². The minimum absolute atomic E-state index is 0.162. The number of hydrogen-bond acceptors (Lipinski definition) is 4. The fraction of sp³-hybridized carbons (Fsp3) is 0.619. The molecule has 1 saturated heterocycles. The maximum Gasteiger partial charge on any atom is 0.322 e. The van der Waals surface area contributed by atoms with Gasteiger partial charge >= 0.3 is 5.97 Å². The van der Waals surface area contributed by atoms with Crippen molar-refractivity contribution in [3.8, 4) is 0 Å². The van der Waals surface area contributed by atoms with Gasteiger partial charge in [0, 0.05) is 23.9 Å². The van der Waals surface area contributed by atoms with E-state index in [1.54, 1.807) is 19.1 Å². The number of esters is 1. The Morgan fingerprint density at radius 3 is 2.54 bits per heavy atom. The molecule has 0 radical (unpaired) electrons. The highest BCUT2D eigenvalue weighted by Gasteiger charge is 2.71. The van der Waals surface area contributed by atoms with E-state index < -0.39 is 28.9 Å². The molecule has 2 aliphatic carbocycles. The van der Waals surface area contributed by atoms with Gasteiger partial charge in [-0.2, -0.15) is 0 Å². The van der Waals surface area contributed by atoms with Crippen molar-refractivity contribution in [1.29, 1.82) is 0 Å². The molecule has 3 aliphatic rings. The first-order valence-electron chi connectivity index (χ1n) is 9.98. The van der Waals surface area contributed by atoms with Crippen LogP contribution in [0.25, 0.3) is 0 Å². The van der Waals surface area contributed by atoms with Gasteiger partial charge in [0.15, 0.2) is 5.41 Å². The molecule has 1 amide bonds. The van der Waals surface area contributed by atoms with Crippen LogP contribution < -0.4 is 5.73 Å². The molecule has 2 N–H and O–H groups in total. The summed E-state index contributed by atoms with van der Waals surface area (Å²) >= 11 is 6.44. The molecule has 152 valence electrons. The molecule has 2 saturated carbocycles. The zero-order valence-electron chi connectivity index (χ0n) is 16.0. The highest BCUT2D eigenvalue weighted by molar-refractivity contribution is 6.31. The van der Waals surface area contributed by atoms with Crippen LogP contribution in [0.1, 0.15) is 50.2 Å². The van der Waals surface area contributed by atoms with Gasteiger partial charge in [-0.05, 0) is 56.0 Å². The summed E-state index contributed by atoms with van der Waals surface area (Å²) in [7, 11) is 0. The summed E-state index contributed by atoms with van der Waals surface area (Å²) in [5.41, 5.74) is 3.41. The van der Waals surface area contributed by atoms with Gasteiger partial charge < -0.3 is 10.5 Å². The van der Waals surface area contributed by atoms with Crippen LogP contribution in [0.5, 0.6) is 0 Å². The molecule has 3 atom stereocenters. The number of likely N-dealkylation sites (tertiary alicyclic amines) is 1. The number of rotatable bonds is 6. The van der Waals surface area contributed by atoms with Gasteiger partial charge in [0.25, 0.3) is 0 Å². The SMILES string of the molecule is CC1C(C(N)=O)(C(=O)OC2CC2)CC1(F)c1ccc(CN2CCCC2)c(Cl)c1. The number of amides is 1. The molecule has 0 bridgehead atoms. The first-order valence-corrected chi connectivity index (χ1v) is 10.4. The Hall–Kier alpha value is -1.66. The maximum absolute atomic E-state index is 15.8. The Kier molecular flexibility index (Phi) is 4.91. The van der Waals surface area contributed by atoms with Gasteiger partial charge in [0.1, 0.15) is 11.8 Å². The second-order valence-corrected chi connectivity index (χ2v) is 8.90. The summed E-state index contributed by atoms with van der Waals surface area (Å²) in [6.45, 7) is 4.39. The van der Waals surface area contributed by atoms with Gasteiger partial charge in [-0.15, -0.1) is 0 Å². The van der Waals surface area contributed by atoms with Crippen molar-refractivity contribution in [2.45, 2.75) is 57.3 Å². The number of hydrogen-bond donors (Lipinski definition) is 1. The van der Waals surface area contributed by atoms with E-state index >= 15 is 4.39 Å². The standard InChI is InChI=1S/C21H26ClFN2O3/c1-13-20(18(24)26,19(27)28-16-6-7-16)12-21(13,23)15-5-4-14(17(22)10-15)11-25-8-2-3-9-25/h4-5,10,13,16H,2-3,6-9,11-12H2,1H3,(H2,24,26). The lowest BCUT2D eigenvalue weighted by atomic mass is 9.50. The van der Waals surface area contributed by atoms with Gasteiger partial charge in [0.05, 0.1) is 0 Å². The van der Waals surface area contributed by atoms with E-state index in [9.17, 15) is 9.59 Å². The van der Waals surface area contributed by atoms with E-state index in [1.807, 2.05) is 6.07 Å². The van der Waals surface area contributed by atoms with Crippen molar-refractivity contribution in [1.82, 2.24) is 4.90 Å². The molecular weight excluding hydrogens is 383 g/mol. The number of alkyl halides is 1. The lowest BCUT2D eigenvalue weighted by Crippen LogP contribution is -2.65. The van der Waals surface area contributed by atoms with Crippen LogP contribution >= 0.6 is 11.6 Å². The van der Waals surface area contributed by atoms with Crippen LogP contribution in [0, 0.1) is 11.3 Å². The van der Waals surface area contributed by atoms with Gasteiger partial charge in [-0.1, -0.05) is 30.7 Å². The normalized spacial score (nSPS) is 32.8. The number of halogens is 2. The number of primary amides is 1. The van der Waals surface area contributed by atoms with Crippen LogP contribution in [0.3, 0.4) is 0 Å². The summed E-state index contributed by atoms with van der Waals surface area (Å²) in [6.07, 6.45) is 3.47. The largest absolute Gasteiger partial charge is 0.462 e. The van der Waals surface area contributed by atoms with E-state index in [1.165, 1.54) is 12.8 Å². The fourth-order valence-corrected chi connectivity index (χ4v) is 4.77. The number of carbonyl (C=O) groups is 2. The molecule has 4 rings (SSSR count). The van der Waals surface area contributed by atoms with Crippen LogP contribution in [0.15, 0.2) is 18.2 Å². The van der Waals surface area contributed by atoms with Crippen LogP contribution in [0.4, 0.5) is 4.39 Å². The number of benzene rings is 1. The van der Waals surface area contributed by atoms with Crippen molar-refractivity contribution in [2.75, 3.05) is 13.1 Å². The van der Waals surface area contributed by atoms with Crippen molar-refractivity contribution in [3.05, 3.63) is 34.3 Å². The number of ether oxygens (including phenoxy) is 1. The highest BCUT2D eigenvalue weighted by atomic mass is 35.5. The average Bonchev–Trinajstić information content (AvgIpc) is 3.32. The second kappa shape index (κ2) is 6.99. The Balaban J connectivity index is 1.54. The zero-order valence-corrected chi connectivity index (χ0v) is 16.8. The van der Waals surface area contributed by atoms with Crippen molar-refractivity contribution in [2.24, 2.45) is 17.1 Å². The summed E-state index contributed by atoms with van der Waals surface area (Å²) in [6, 6.07) is 5.18. The molecule has 1 aliphatic heterocycles. The quantitative estimate of drug-likeness (QED) is 0.579. The summed E-state index contributed by atoms with van der Waals surface area (Å²) in [5.74, 6) is -2.43. The topological polar surface area (TPSA) is 72.6 Å². The lowest BCUT2D eigenvalue weighted by molar-refractivity contribution is -0.198. The molecule has 3 unspecified atom stereocenters. The van der Waals surface area contributed by atoms with E-state index in [0.29, 0.717) is 10.6 Å². The summed E-state index contributed by atoms with van der Waals surface area (Å²) in [4.78, 5) is 27.0. The number of nitrogens with zero attached hydrogens (tertiary/aromatic N) is 1. The molecule has 5 nitrogen and oxygen atoms in total. The fourth-order valence-electron chi connectivity index (χ4n) is 4.53. The molecule has 28 heavy (non-hydrogen) atoms. The number of carbonyl (C=O) groups excluding carboxylic acids is 2. The van der Waals surface area contributed by atoms with E-state index in [-0.39, 0.29) is 12.5 Å². The molecule has 1 aromatic rings. The predicted octanol–water partition coefficient (Wildman–Crippen LogP) is 3.32. The van der Waals surface area contributed by atoms with Crippen molar-refractivity contribution in [3.63, 3.8) is 0 Å². The highest BCUT2D eigenvalue weighted by Crippen LogP contribution is 2.62. The lowest BCUT2D eigenvalue weighted by Gasteiger charge is -2.53. The maximum atomic E-state index is 15.8. The van der Waals surface area contributed by atoms with E-state index in [0.717, 1.165) is 38.0 Å². The van der Waals surface area contributed by atoms with Crippen LogP contribution in [-0.4, -0.2) is 36.0 Å². The Morgan fingerprint density at radius 1 is 1.32 bits per heavy atom. The first-order chi connectivity index (χ1) is 13.3. The third-order valence-corrected chi connectivity index (χ3v) is 7.04.